The van der Waals surface area contributed by atoms with Crippen LogP contribution in [0.5, 0.6) is 0 Å². The van der Waals surface area contributed by atoms with Crippen LogP contribution in [0.2, 0.25) is 0 Å². The summed E-state index contributed by atoms with van der Waals surface area (Å²) in [5.74, 6) is 0.0506. The van der Waals surface area contributed by atoms with Gasteiger partial charge in [0.15, 0.2) is 5.11 Å². The lowest BCUT2D eigenvalue weighted by atomic mass is 9.95. The van der Waals surface area contributed by atoms with Gasteiger partial charge >= 0.3 is 12.0 Å². The summed E-state index contributed by atoms with van der Waals surface area (Å²) in [6, 6.07) is 14.3. The van der Waals surface area contributed by atoms with Crippen molar-refractivity contribution in [2.24, 2.45) is 0 Å². The molecule has 1 heterocycles. The molecule has 174 valence electrons. The molecule has 8 heteroatoms. The van der Waals surface area contributed by atoms with Gasteiger partial charge in [-0.2, -0.15) is 0 Å². The minimum Gasteiger partial charge on any atom is -0.463 e. The van der Waals surface area contributed by atoms with Gasteiger partial charge in [-0.05, 0) is 67.4 Å². The first-order valence-corrected chi connectivity index (χ1v) is 11.3. The Balaban J connectivity index is 1.72. The van der Waals surface area contributed by atoms with Crippen molar-refractivity contribution in [3.63, 3.8) is 0 Å². The molecular formula is C25H30N4O3S. The summed E-state index contributed by atoms with van der Waals surface area (Å²) in [5, 5.41) is 9.39. The van der Waals surface area contributed by atoms with E-state index in [0.29, 0.717) is 22.3 Å². The lowest BCUT2D eigenvalue weighted by molar-refractivity contribution is -0.139. The molecule has 0 aliphatic carbocycles. The maximum Gasteiger partial charge on any atom is 0.338 e. The van der Waals surface area contributed by atoms with E-state index < -0.39 is 6.04 Å². The quantitative estimate of drug-likeness (QED) is 0.403. The van der Waals surface area contributed by atoms with E-state index in [0.717, 1.165) is 16.9 Å². The summed E-state index contributed by atoms with van der Waals surface area (Å²) in [5.41, 5.74) is 4.65. The van der Waals surface area contributed by atoms with Crippen molar-refractivity contribution in [1.29, 1.82) is 0 Å². The first-order valence-electron chi connectivity index (χ1n) is 10.9. The van der Waals surface area contributed by atoms with Crippen molar-refractivity contribution >= 4 is 40.7 Å². The highest BCUT2D eigenvalue weighted by molar-refractivity contribution is 7.80. The van der Waals surface area contributed by atoms with Gasteiger partial charge in [0.05, 0.1) is 18.2 Å². The SMILES string of the molecule is CCOC(=O)C1=C(C)N(C)C(=S)NC1c1ccc(NC(=O)Nc2ccc(C(C)C)cc2)cc1. The van der Waals surface area contributed by atoms with Crippen molar-refractivity contribution in [1.82, 2.24) is 10.2 Å². The van der Waals surface area contributed by atoms with Crippen LogP contribution in [0, 0.1) is 0 Å². The number of allylic oxidation sites excluding steroid dienone is 1. The summed E-state index contributed by atoms with van der Waals surface area (Å²) in [7, 11) is 1.81. The van der Waals surface area contributed by atoms with Crippen LogP contribution in [-0.4, -0.2) is 35.7 Å². The second kappa shape index (κ2) is 10.5. The van der Waals surface area contributed by atoms with Crippen LogP contribution in [0.4, 0.5) is 16.2 Å². The Labute approximate surface area is 200 Å². The van der Waals surface area contributed by atoms with Crippen molar-refractivity contribution in [3.8, 4) is 0 Å². The van der Waals surface area contributed by atoms with Gasteiger partial charge in [0.2, 0.25) is 0 Å². The van der Waals surface area contributed by atoms with Crippen LogP contribution >= 0.6 is 12.2 Å². The van der Waals surface area contributed by atoms with E-state index in [4.69, 9.17) is 17.0 Å². The topological polar surface area (TPSA) is 82.7 Å². The number of amides is 2. The molecule has 2 aromatic carbocycles. The molecule has 0 saturated heterocycles. The average molecular weight is 467 g/mol. The smallest absolute Gasteiger partial charge is 0.338 e. The summed E-state index contributed by atoms with van der Waals surface area (Å²) in [4.78, 5) is 26.8. The number of anilines is 2. The molecule has 0 saturated carbocycles. The normalized spacial score (nSPS) is 15.9. The number of carbonyl (C=O) groups excluding carboxylic acids is 2. The molecule has 1 aliphatic rings. The number of rotatable bonds is 6. The Kier molecular flexibility index (Phi) is 7.71. The molecule has 1 unspecified atom stereocenters. The predicted octanol–water partition coefficient (Wildman–Crippen LogP) is 5.15. The third-order valence-corrected chi connectivity index (χ3v) is 5.98. The first kappa shape index (κ1) is 24.3. The number of nitrogens with one attached hydrogen (secondary N) is 3. The van der Waals surface area contributed by atoms with Crippen LogP contribution < -0.4 is 16.0 Å². The lowest BCUT2D eigenvalue weighted by Gasteiger charge is -2.35. The number of carbonyl (C=O) groups is 2. The minimum absolute atomic E-state index is 0.286. The Morgan fingerprint density at radius 3 is 2.12 bits per heavy atom. The van der Waals surface area contributed by atoms with E-state index >= 15 is 0 Å². The zero-order valence-electron chi connectivity index (χ0n) is 19.6. The van der Waals surface area contributed by atoms with Crippen LogP contribution in [0.25, 0.3) is 0 Å². The number of hydrogen-bond acceptors (Lipinski definition) is 4. The van der Waals surface area contributed by atoms with E-state index in [-0.39, 0.29) is 18.6 Å². The predicted molar refractivity (Wildman–Crippen MR) is 135 cm³/mol. The number of ether oxygens (including phenoxy) is 1. The molecule has 7 nitrogen and oxygen atoms in total. The standard InChI is InChI=1S/C25H30N4O3S/c1-6-32-23(30)21-16(4)29(5)25(33)28-22(21)18-9-13-20(14-10-18)27-24(31)26-19-11-7-17(8-12-19)15(2)3/h7-15,22H,6H2,1-5H3,(H,28,33)(H2,26,27,31). The van der Waals surface area contributed by atoms with Crippen molar-refractivity contribution < 1.29 is 14.3 Å². The Bertz CT molecular complexity index is 1060. The van der Waals surface area contributed by atoms with Crippen LogP contribution in [-0.2, 0) is 9.53 Å². The molecule has 2 amide bonds. The second-order valence-electron chi connectivity index (χ2n) is 8.14. The molecule has 1 atom stereocenters. The molecular weight excluding hydrogens is 436 g/mol. The molecule has 0 aromatic heterocycles. The molecule has 0 spiro atoms. The molecule has 3 rings (SSSR count). The van der Waals surface area contributed by atoms with E-state index in [1.165, 1.54) is 5.56 Å². The first-order chi connectivity index (χ1) is 15.7. The van der Waals surface area contributed by atoms with Gasteiger partial charge < -0.3 is 25.6 Å². The van der Waals surface area contributed by atoms with Gasteiger partial charge in [-0.1, -0.05) is 38.1 Å². The fraction of sp³-hybridized carbons (Fsp3) is 0.320. The average Bonchev–Trinajstić information content (AvgIpc) is 2.78. The number of hydrogen-bond donors (Lipinski definition) is 3. The van der Waals surface area contributed by atoms with Crippen LogP contribution in [0.3, 0.4) is 0 Å². The summed E-state index contributed by atoms with van der Waals surface area (Å²) in [6.07, 6.45) is 0. The van der Waals surface area contributed by atoms with Crippen LogP contribution in [0.15, 0.2) is 59.8 Å². The highest BCUT2D eigenvalue weighted by atomic mass is 32.1. The van der Waals surface area contributed by atoms with Gasteiger partial charge in [0.1, 0.15) is 0 Å². The largest absolute Gasteiger partial charge is 0.463 e. The fourth-order valence-electron chi connectivity index (χ4n) is 3.56. The molecule has 3 N–H and O–H groups in total. The molecule has 0 bridgehead atoms. The number of esters is 1. The maximum atomic E-state index is 12.6. The van der Waals surface area contributed by atoms with Gasteiger partial charge in [-0.25, -0.2) is 9.59 Å². The zero-order valence-corrected chi connectivity index (χ0v) is 20.4. The number of urea groups is 1. The van der Waals surface area contributed by atoms with Crippen molar-refractivity contribution in [3.05, 3.63) is 70.9 Å². The second-order valence-corrected chi connectivity index (χ2v) is 8.53. The summed E-state index contributed by atoms with van der Waals surface area (Å²) < 4.78 is 5.27. The van der Waals surface area contributed by atoms with E-state index in [2.05, 4.69) is 29.8 Å². The summed E-state index contributed by atoms with van der Waals surface area (Å²) >= 11 is 5.42. The lowest BCUT2D eigenvalue weighted by Crippen LogP contribution is -2.46. The molecule has 2 aromatic rings. The van der Waals surface area contributed by atoms with Gasteiger partial charge in [-0.3, -0.25) is 0 Å². The molecule has 33 heavy (non-hydrogen) atoms. The van der Waals surface area contributed by atoms with E-state index in [1.54, 1.807) is 24.0 Å². The Hall–Kier alpha value is -3.39. The van der Waals surface area contributed by atoms with E-state index in [9.17, 15) is 9.59 Å². The van der Waals surface area contributed by atoms with Crippen molar-refractivity contribution in [2.75, 3.05) is 24.3 Å². The maximum absolute atomic E-state index is 12.6. The third kappa shape index (κ3) is 5.70. The third-order valence-electron chi connectivity index (χ3n) is 5.59. The molecule has 0 radical (unpaired) electrons. The van der Waals surface area contributed by atoms with Gasteiger partial charge in [-0.15, -0.1) is 0 Å². The molecule has 1 aliphatic heterocycles. The highest BCUT2D eigenvalue weighted by Crippen LogP contribution is 2.31. The van der Waals surface area contributed by atoms with Gasteiger partial charge in [0, 0.05) is 24.1 Å². The van der Waals surface area contributed by atoms with Crippen LogP contribution in [0.1, 0.15) is 50.8 Å². The molecule has 0 fully saturated rings. The highest BCUT2D eigenvalue weighted by Gasteiger charge is 2.33. The Morgan fingerprint density at radius 1 is 1.06 bits per heavy atom. The van der Waals surface area contributed by atoms with Crippen molar-refractivity contribution in [2.45, 2.75) is 39.7 Å². The summed E-state index contributed by atoms with van der Waals surface area (Å²) in [6.45, 7) is 8.16. The van der Waals surface area contributed by atoms with E-state index in [1.807, 2.05) is 50.4 Å². The van der Waals surface area contributed by atoms with Gasteiger partial charge in [0.25, 0.3) is 0 Å². The zero-order chi connectivity index (χ0) is 24.1. The monoisotopic (exact) mass is 466 g/mol. The fourth-order valence-corrected chi connectivity index (χ4v) is 3.82. The number of nitrogens with zero attached hydrogens (tertiary/aromatic N) is 1. The Morgan fingerprint density at radius 2 is 1.61 bits per heavy atom. The minimum atomic E-state index is -0.435. The number of thiocarbonyl (C=S) groups is 1. The number of benzene rings is 2.